The van der Waals surface area contributed by atoms with E-state index in [1.807, 2.05) is 0 Å². The number of nitrogens with one attached hydrogen (secondary N) is 1. The first-order chi connectivity index (χ1) is 8.95. The van der Waals surface area contributed by atoms with E-state index in [1.165, 1.54) is 25.8 Å². The number of methoxy groups -OCH3 is 1. The summed E-state index contributed by atoms with van der Waals surface area (Å²) < 4.78 is 4.54. The average molecular weight is 300 g/mol. The van der Waals surface area contributed by atoms with Crippen molar-refractivity contribution in [1.29, 1.82) is 5.41 Å². The first kappa shape index (κ1) is 15.7. The standard InChI is InChI=1S/C13H14ClNO3S/c1-8(15)12(13(17)18-2)11(16)7-19-10-5-3-9(14)4-6-10/h3-6,12,15H,7H2,1-2H3. The Morgan fingerprint density at radius 2 is 1.95 bits per heavy atom. The molecule has 0 amide bonds. The van der Waals surface area contributed by atoms with Crippen LogP contribution in [0.15, 0.2) is 29.2 Å². The smallest absolute Gasteiger partial charge is 0.322 e. The molecule has 1 unspecified atom stereocenters. The number of thioether (sulfide) groups is 1. The lowest BCUT2D eigenvalue weighted by Crippen LogP contribution is -2.32. The summed E-state index contributed by atoms with van der Waals surface area (Å²) in [6.45, 7) is 1.42. The maximum atomic E-state index is 11.9. The molecule has 0 saturated carbocycles. The number of hydrogen-bond donors (Lipinski definition) is 1. The van der Waals surface area contributed by atoms with Crippen LogP contribution >= 0.6 is 23.4 Å². The number of carbonyl (C=O) groups excluding carboxylic acids is 2. The van der Waals surface area contributed by atoms with Gasteiger partial charge in [0, 0.05) is 15.6 Å². The van der Waals surface area contributed by atoms with Crippen LogP contribution in [0.25, 0.3) is 0 Å². The Morgan fingerprint density at radius 1 is 1.37 bits per heavy atom. The molecule has 19 heavy (non-hydrogen) atoms. The van der Waals surface area contributed by atoms with Gasteiger partial charge in [0.2, 0.25) is 0 Å². The number of rotatable bonds is 6. The summed E-state index contributed by atoms with van der Waals surface area (Å²) in [6, 6.07) is 7.05. The summed E-state index contributed by atoms with van der Waals surface area (Å²) >= 11 is 7.06. The van der Waals surface area contributed by atoms with E-state index in [1.54, 1.807) is 24.3 Å². The molecule has 1 aromatic rings. The van der Waals surface area contributed by atoms with Crippen molar-refractivity contribution in [2.75, 3.05) is 12.9 Å². The van der Waals surface area contributed by atoms with Gasteiger partial charge in [-0.1, -0.05) is 11.6 Å². The van der Waals surface area contributed by atoms with Gasteiger partial charge in [0.1, 0.15) is 0 Å². The van der Waals surface area contributed by atoms with E-state index in [4.69, 9.17) is 17.0 Å². The van der Waals surface area contributed by atoms with Crippen LogP contribution in [0.1, 0.15) is 6.92 Å². The minimum absolute atomic E-state index is 0.00597. The lowest BCUT2D eigenvalue weighted by Gasteiger charge is -2.11. The van der Waals surface area contributed by atoms with Crippen LogP contribution in [0.2, 0.25) is 5.02 Å². The van der Waals surface area contributed by atoms with Gasteiger partial charge in [-0.05, 0) is 31.2 Å². The lowest BCUT2D eigenvalue weighted by atomic mass is 10.0. The summed E-state index contributed by atoms with van der Waals surface area (Å²) in [4.78, 5) is 24.3. The molecule has 0 aliphatic carbocycles. The molecular formula is C13H14ClNO3S. The van der Waals surface area contributed by atoms with Gasteiger partial charge in [-0.3, -0.25) is 9.59 Å². The van der Waals surface area contributed by atoms with Gasteiger partial charge < -0.3 is 10.1 Å². The van der Waals surface area contributed by atoms with Gasteiger partial charge >= 0.3 is 5.97 Å². The van der Waals surface area contributed by atoms with Crippen molar-refractivity contribution in [3.05, 3.63) is 29.3 Å². The number of esters is 1. The molecular weight excluding hydrogens is 286 g/mol. The second kappa shape index (κ2) is 7.31. The van der Waals surface area contributed by atoms with E-state index in [9.17, 15) is 9.59 Å². The van der Waals surface area contributed by atoms with Crippen molar-refractivity contribution < 1.29 is 14.3 Å². The largest absolute Gasteiger partial charge is 0.468 e. The minimum atomic E-state index is -1.11. The van der Waals surface area contributed by atoms with Crippen LogP contribution in [0.5, 0.6) is 0 Å². The molecule has 1 rings (SSSR count). The van der Waals surface area contributed by atoms with Crippen molar-refractivity contribution in [2.24, 2.45) is 5.92 Å². The van der Waals surface area contributed by atoms with Gasteiger partial charge in [0.25, 0.3) is 0 Å². The highest BCUT2D eigenvalue weighted by molar-refractivity contribution is 8.00. The summed E-state index contributed by atoms with van der Waals surface area (Å²) in [5.41, 5.74) is -0.00597. The fourth-order valence-electron chi connectivity index (χ4n) is 1.44. The summed E-state index contributed by atoms with van der Waals surface area (Å²) in [7, 11) is 1.21. The molecule has 0 aliphatic rings. The maximum Gasteiger partial charge on any atom is 0.322 e. The van der Waals surface area contributed by atoms with E-state index in [0.717, 1.165) is 4.90 Å². The highest BCUT2D eigenvalue weighted by Gasteiger charge is 2.29. The van der Waals surface area contributed by atoms with Gasteiger partial charge in [0.15, 0.2) is 11.7 Å². The van der Waals surface area contributed by atoms with Crippen LogP contribution in [0.3, 0.4) is 0 Å². The zero-order chi connectivity index (χ0) is 14.4. The van der Waals surface area contributed by atoms with Crippen LogP contribution in [-0.4, -0.2) is 30.3 Å². The average Bonchev–Trinajstić information content (AvgIpc) is 2.37. The van der Waals surface area contributed by atoms with Gasteiger partial charge in [-0.25, -0.2) is 0 Å². The molecule has 102 valence electrons. The first-order valence-electron chi connectivity index (χ1n) is 5.49. The Morgan fingerprint density at radius 3 is 2.42 bits per heavy atom. The summed E-state index contributed by atoms with van der Waals surface area (Å²) in [6.07, 6.45) is 0. The van der Waals surface area contributed by atoms with Crippen LogP contribution in [0.4, 0.5) is 0 Å². The van der Waals surface area contributed by atoms with Crippen LogP contribution < -0.4 is 0 Å². The topological polar surface area (TPSA) is 67.2 Å². The van der Waals surface area contributed by atoms with Crippen molar-refractivity contribution in [2.45, 2.75) is 11.8 Å². The Kier molecular flexibility index (Phi) is 6.05. The molecule has 0 radical (unpaired) electrons. The number of carbonyl (C=O) groups is 2. The SMILES string of the molecule is COC(=O)C(C(C)=N)C(=O)CSc1ccc(Cl)cc1. The number of benzene rings is 1. The Labute approximate surface area is 121 Å². The highest BCUT2D eigenvalue weighted by atomic mass is 35.5. The number of halogens is 1. The quantitative estimate of drug-likeness (QED) is 0.379. The van der Waals surface area contributed by atoms with E-state index < -0.39 is 11.9 Å². The van der Waals surface area contributed by atoms with Gasteiger partial charge in [-0.2, -0.15) is 0 Å². The highest BCUT2D eigenvalue weighted by Crippen LogP contribution is 2.21. The van der Waals surface area contributed by atoms with E-state index in [0.29, 0.717) is 5.02 Å². The van der Waals surface area contributed by atoms with Gasteiger partial charge in [-0.15, -0.1) is 11.8 Å². The molecule has 0 bridgehead atoms. The molecule has 0 fully saturated rings. The third kappa shape index (κ3) is 4.69. The number of Topliss-reactive ketones (excluding diaryl/α,β-unsaturated/α-hetero) is 1. The van der Waals surface area contributed by atoms with Crippen molar-refractivity contribution >= 4 is 40.8 Å². The number of ether oxygens (including phenoxy) is 1. The number of hydrogen-bond acceptors (Lipinski definition) is 5. The second-order valence-electron chi connectivity index (χ2n) is 3.85. The molecule has 4 nitrogen and oxygen atoms in total. The van der Waals surface area contributed by atoms with Gasteiger partial charge in [0.05, 0.1) is 12.9 Å². The van der Waals surface area contributed by atoms with Crippen LogP contribution in [-0.2, 0) is 14.3 Å². The zero-order valence-corrected chi connectivity index (χ0v) is 12.2. The molecule has 0 saturated heterocycles. The fraction of sp³-hybridized carbons (Fsp3) is 0.308. The van der Waals surface area contributed by atoms with Crippen molar-refractivity contribution in [3.8, 4) is 0 Å². The molecule has 0 aromatic heterocycles. The molecule has 1 aromatic carbocycles. The molecule has 1 N–H and O–H groups in total. The van der Waals surface area contributed by atoms with E-state index >= 15 is 0 Å². The molecule has 6 heteroatoms. The Bertz CT molecular complexity index is 487. The predicted octanol–water partition coefficient (Wildman–Crippen LogP) is 2.83. The molecule has 0 aliphatic heterocycles. The maximum absolute atomic E-state index is 11.9. The normalized spacial score (nSPS) is 11.7. The summed E-state index contributed by atoms with van der Waals surface area (Å²) in [5, 5.41) is 8.10. The zero-order valence-electron chi connectivity index (χ0n) is 10.6. The lowest BCUT2D eigenvalue weighted by molar-refractivity contribution is -0.145. The van der Waals surface area contributed by atoms with Crippen molar-refractivity contribution in [3.63, 3.8) is 0 Å². The third-order valence-corrected chi connectivity index (χ3v) is 3.67. The number of ketones is 1. The van der Waals surface area contributed by atoms with E-state index in [2.05, 4.69) is 4.74 Å². The first-order valence-corrected chi connectivity index (χ1v) is 6.86. The van der Waals surface area contributed by atoms with E-state index in [-0.39, 0.29) is 17.2 Å². The summed E-state index contributed by atoms with van der Waals surface area (Å²) in [5.74, 6) is -2.02. The molecule has 0 spiro atoms. The van der Waals surface area contributed by atoms with Crippen molar-refractivity contribution in [1.82, 2.24) is 0 Å². The third-order valence-electron chi connectivity index (χ3n) is 2.39. The fourth-order valence-corrected chi connectivity index (χ4v) is 2.37. The molecule has 0 heterocycles. The monoisotopic (exact) mass is 299 g/mol. The second-order valence-corrected chi connectivity index (χ2v) is 5.33. The van der Waals surface area contributed by atoms with Crippen LogP contribution in [0, 0.1) is 11.3 Å². The Balaban J connectivity index is 2.65. The Hall–Kier alpha value is -1.33. The minimum Gasteiger partial charge on any atom is -0.468 e. The predicted molar refractivity (Wildman–Crippen MR) is 76.1 cm³/mol. The molecule has 1 atom stereocenters.